The summed E-state index contributed by atoms with van der Waals surface area (Å²) in [4.78, 5) is 0. The molecule has 72 valence electrons. The summed E-state index contributed by atoms with van der Waals surface area (Å²) in [5, 5.41) is 8.38. The minimum absolute atomic E-state index is 0.325. The van der Waals surface area contributed by atoms with E-state index in [9.17, 15) is 9.67 Å². The van der Waals surface area contributed by atoms with Crippen LogP contribution in [0.2, 0.25) is 0 Å². The molecule has 5 heteroatoms. The Kier molecular flexibility index (Phi) is 2.16. The molecule has 0 spiro atoms. The van der Waals surface area contributed by atoms with E-state index in [1.54, 1.807) is 13.8 Å². The smallest absolute Gasteiger partial charge is 0.361 e. The summed E-state index contributed by atoms with van der Waals surface area (Å²) >= 11 is 0. The predicted octanol–water partition coefficient (Wildman–Crippen LogP) is 1.73. The highest BCUT2D eigenvalue weighted by Crippen LogP contribution is 2.68. The topological polar surface area (TPSA) is 55.8 Å². The third kappa shape index (κ3) is 1.44. The van der Waals surface area contributed by atoms with Crippen molar-refractivity contribution in [1.82, 2.24) is 0 Å². The molecule has 1 fully saturated rings. The fourth-order valence-electron chi connectivity index (χ4n) is 1.59. The van der Waals surface area contributed by atoms with E-state index in [1.807, 2.05) is 0 Å². The summed E-state index contributed by atoms with van der Waals surface area (Å²) in [5.74, 6) is 0. The first-order chi connectivity index (χ1) is 5.22. The van der Waals surface area contributed by atoms with E-state index in [4.69, 9.17) is 9.05 Å². The minimum atomic E-state index is -3.32. The first-order valence-electron chi connectivity index (χ1n) is 3.81. The van der Waals surface area contributed by atoms with Gasteiger partial charge in [-0.25, -0.2) is 0 Å². The molecule has 1 N–H and O–H groups in total. The number of hydrogen-bond acceptors (Lipinski definition) is 4. The maximum absolute atomic E-state index is 11.8. The average Bonchev–Trinajstić information content (AvgIpc) is 1.98. The Labute approximate surface area is 72.4 Å². The van der Waals surface area contributed by atoms with E-state index in [0.717, 1.165) is 0 Å². The highest BCUT2D eigenvalue weighted by molar-refractivity contribution is 7.55. The summed E-state index contributed by atoms with van der Waals surface area (Å²) in [5.41, 5.74) is -0.574. The molecule has 0 aromatic rings. The van der Waals surface area contributed by atoms with Gasteiger partial charge in [0.15, 0.2) is 5.34 Å². The van der Waals surface area contributed by atoms with E-state index in [1.165, 1.54) is 14.0 Å². The van der Waals surface area contributed by atoms with Gasteiger partial charge >= 0.3 is 7.60 Å². The zero-order chi connectivity index (χ0) is 9.62. The van der Waals surface area contributed by atoms with Gasteiger partial charge in [0.25, 0.3) is 0 Å². The van der Waals surface area contributed by atoms with Crippen LogP contribution in [-0.2, 0) is 13.6 Å². The minimum Gasteiger partial charge on any atom is -0.377 e. The van der Waals surface area contributed by atoms with Crippen LogP contribution in [0, 0.1) is 0 Å². The van der Waals surface area contributed by atoms with Gasteiger partial charge in [-0.3, -0.25) is 4.57 Å². The normalized spacial score (nSPS) is 46.4. The molecular weight excluding hydrogens is 179 g/mol. The van der Waals surface area contributed by atoms with Crippen molar-refractivity contribution >= 4 is 7.60 Å². The van der Waals surface area contributed by atoms with Crippen molar-refractivity contribution < 1.29 is 18.7 Å². The van der Waals surface area contributed by atoms with Crippen molar-refractivity contribution in [2.24, 2.45) is 0 Å². The average molecular weight is 194 g/mol. The molecule has 4 nitrogen and oxygen atoms in total. The molecule has 12 heavy (non-hydrogen) atoms. The second-order valence-corrected chi connectivity index (χ2v) is 6.43. The van der Waals surface area contributed by atoms with Crippen molar-refractivity contribution in [3.63, 3.8) is 0 Å². The zero-order valence-corrected chi connectivity index (χ0v) is 8.72. The Balaban J connectivity index is 3.00. The Morgan fingerprint density at radius 2 is 2.00 bits per heavy atom. The van der Waals surface area contributed by atoms with Gasteiger partial charge < -0.3 is 14.2 Å². The third-order valence-corrected chi connectivity index (χ3v) is 4.51. The third-order valence-electron chi connectivity index (χ3n) is 1.96. The highest BCUT2D eigenvalue weighted by Gasteiger charge is 2.57. The van der Waals surface area contributed by atoms with Crippen LogP contribution < -0.4 is 0 Å². The quantitative estimate of drug-likeness (QED) is 0.646. The van der Waals surface area contributed by atoms with Crippen molar-refractivity contribution in [3.05, 3.63) is 0 Å². The summed E-state index contributed by atoms with van der Waals surface area (Å²) in [6.07, 6.45) is 0.325. The van der Waals surface area contributed by atoms with Crippen molar-refractivity contribution in [2.45, 2.75) is 38.1 Å². The molecule has 0 aliphatic carbocycles. The van der Waals surface area contributed by atoms with Crippen LogP contribution in [-0.4, -0.2) is 23.2 Å². The summed E-state index contributed by atoms with van der Waals surface area (Å²) in [6.45, 7) is 5.03. The molecule has 0 radical (unpaired) electrons. The second kappa shape index (κ2) is 2.55. The fraction of sp³-hybridized carbons (Fsp3) is 1.00. The van der Waals surface area contributed by atoms with Crippen LogP contribution in [0.15, 0.2) is 0 Å². The lowest BCUT2D eigenvalue weighted by Gasteiger charge is -2.20. The van der Waals surface area contributed by atoms with Gasteiger partial charge in [-0.2, -0.15) is 0 Å². The number of aliphatic hydroxyl groups is 1. The van der Waals surface area contributed by atoms with Crippen LogP contribution in [0.3, 0.4) is 0 Å². The van der Waals surface area contributed by atoms with E-state index in [-0.39, 0.29) is 0 Å². The molecule has 1 aliphatic heterocycles. The van der Waals surface area contributed by atoms with Crippen LogP contribution in [0.1, 0.15) is 27.2 Å². The standard InChI is InChI=1S/C7H15O4P/c1-6(2)5-7(3,8)12(9,10-4)11-6/h8H,5H2,1-4H3/t7-,12+/m1/s1. The Morgan fingerprint density at radius 3 is 2.17 bits per heavy atom. The molecule has 0 saturated carbocycles. The van der Waals surface area contributed by atoms with Gasteiger partial charge in [0.2, 0.25) is 0 Å². The highest BCUT2D eigenvalue weighted by atomic mass is 31.2. The van der Waals surface area contributed by atoms with Gasteiger partial charge in [0, 0.05) is 13.5 Å². The lowest BCUT2D eigenvalue weighted by molar-refractivity contribution is 0.0928. The van der Waals surface area contributed by atoms with Crippen LogP contribution in [0.4, 0.5) is 0 Å². The molecule has 1 heterocycles. The lowest BCUT2D eigenvalue weighted by atomic mass is 10.0. The van der Waals surface area contributed by atoms with Crippen LogP contribution in [0.5, 0.6) is 0 Å². The molecule has 1 saturated heterocycles. The largest absolute Gasteiger partial charge is 0.377 e. The number of rotatable bonds is 1. The molecule has 0 aromatic heterocycles. The number of hydrogen-bond donors (Lipinski definition) is 1. The Bertz CT molecular complexity index is 234. The van der Waals surface area contributed by atoms with Gasteiger partial charge in [-0.05, 0) is 20.8 Å². The molecule has 1 rings (SSSR count). The molecule has 0 aromatic carbocycles. The monoisotopic (exact) mass is 194 g/mol. The van der Waals surface area contributed by atoms with E-state index in [2.05, 4.69) is 0 Å². The van der Waals surface area contributed by atoms with Crippen LogP contribution >= 0.6 is 7.60 Å². The summed E-state index contributed by atoms with van der Waals surface area (Å²) in [7, 11) is -2.03. The molecule has 0 unspecified atom stereocenters. The van der Waals surface area contributed by atoms with Crippen LogP contribution in [0.25, 0.3) is 0 Å². The van der Waals surface area contributed by atoms with Gasteiger partial charge in [-0.1, -0.05) is 0 Å². The van der Waals surface area contributed by atoms with Crippen molar-refractivity contribution in [2.75, 3.05) is 7.11 Å². The summed E-state index contributed by atoms with van der Waals surface area (Å²) in [6, 6.07) is 0. The summed E-state index contributed by atoms with van der Waals surface area (Å²) < 4.78 is 21.7. The molecule has 0 bridgehead atoms. The SMILES string of the molecule is CO[P@]1(=O)OC(C)(C)C[C@]1(C)O. The first-order valence-corrected chi connectivity index (χ1v) is 5.36. The molecular formula is C7H15O4P. The van der Waals surface area contributed by atoms with E-state index in [0.29, 0.717) is 6.42 Å². The van der Waals surface area contributed by atoms with Crippen molar-refractivity contribution in [3.8, 4) is 0 Å². The molecule has 1 aliphatic rings. The van der Waals surface area contributed by atoms with E-state index < -0.39 is 18.5 Å². The second-order valence-electron chi connectivity index (χ2n) is 3.92. The Morgan fingerprint density at radius 1 is 1.50 bits per heavy atom. The first kappa shape index (κ1) is 10.2. The van der Waals surface area contributed by atoms with Gasteiger partial charge in [-0.15, -0.1) is 0 Å². The zero-order valence-electron chi connectivity index (χ0n) is 7.83. The maximum Gasteiger partial charge on any atom is 0.361 e. The molecule has 2 atom stereocenters. The maximum atomic E-state index is 11.8. The Hall–Kier alpha value is 0.110. The van der Waals surface area contributed by atoms with E-state index >= 15 is 0 Å². The lowest BCUT2D eigenvalue weighted by Crippen LogP contribution is -2.24. The fourth-order valence-corrected chi connectivity index (χ4v) is 3.55. The molecule has 0 amide bonds. The van der Waals surface area contributed by atoms with Crippen molar-refractivity contribution in [1.29, 1.82) is 0 Å². The van der Waals surface area contributed by atoms with Gasteiger partial charge in [0.1, 0.15) is 0 Å². The predicted molar refractivity (Wildman–Crippen MR) is 45.0 cm³/mol. The van der Waals surface area contributed by atoms with Gasteiger partial charge in [0.05, 0.1) is 5.60 Å².